The number of hydrogen-bond acceptors (Lipinski definition) is 7. The Kier molecular flexibility index (Phi) is 4.46. The van der Waals surface area contributed by atoms with Gasteiger partial charge in [0.1, 0.15) is 0 Å². The quantitative estimate of drug-likeness (QED) is 0.729. The molecule has 0 saturated heterocycles. The summed E-state index contributed by atoms with van der Waals surface area (Å²) in [5, 5.41) is 14.6. The van der Waals surface area contributed by atoms with E-state index in [-0.39, 0.29) is 0 Å². The molecular formula is C9H14N6S2. The van der Waals surface area contributed by atoms with Crippen LogP contribution >= 0.6 is 23.3 Å². The number of tetrazole rings is 1. The average Bonchev–Trinajstić information content (AvgIpc) is 2.95. The second kappa shape index (κ2) is 6.08. The van der Waals surface area contributed by atoms with Gasteiger partial charge < -0.3 is 4.90 Å². The van der Waals surface area contributed by atoms with Gasteiger partial charge in [0.15, 0.2) is 0 Å². The predicted molar refractivity (Wildman–Crippen MR) is 68.0 cm³/mol. The van der Waals surface area contributed by atoms with Crippen LogP contribution in [0.2, 0.25) is 0 Å². The molecule has 0 aliphatic heterocycles. The van der Waals surface area contributed by atoms with E-state index in [1.807, 2.05) is 30.4 Å². The van der Waals surface area contributed by atoms with E-state index in [0.717, 1.165) is 24.0 Å². The minimum atomic E-state index is 0.810. The molecule has 0 atom stereocenters. The second-order valence-electron chi connectivity index (χ2n) is 3.81. The molecule has 6 nitrogen and oxygen atoms in total. The zero-order chi connectivity index (χ0) is 12.1. The fourth-order valence-corrected chi connectivity index (χ4v) is 2.65. The van der Waals surface area contributed by atoms with E-state index in [1.165, 1.54) is 17.1 Å². The standard InChI is InChI=1S/C9H14N6S2/c1-14(2)3-4-15-9(11-12-13-15)16-6-8-5-10-17-7-8/h5,7H,3-4,6H2,1-2H3. The van der Waals surface area contributed by atoms with Gasteiger partial charge in [-0.2, -0.15) is 0 Å². The van der Waals surface area contributed by atoms with E-state index in [9.17, 15) is 0 Å². The lowest BCUT2D eigenvalue weighted by Gasteiger charge is -2.09. The van der Waals surface area contributed by atoms with Crippen molar-refractivity contribution in [3.05, 3.63) is 17.1 Å². The number of thioether (sulfide) groups is 1. The van der Waals surface area contributed by atoms with Crippen LogP contribution < -0.4 is 0 Å². The lowest BCUT2D eigenvalue weighted by Crippen LogP contribution is -2.19. The van der Waals surface area contributed by atoms with Gasteiger partial charge in [-0.25, -0.2) is 9.06 Å². The van der Waals surface area contributed by atoms with Crippen molar-refractivity contribution >= 4 is 23.3 Å². The average molecular weight is 270 g/mol. The van der Waals surface area contributed by atoms with E-state index in [0.29, 0.717) is 0 Å². The van der Waals surface area contributed by atoms with Crippen molar-refractivity contribution in [3.8, 4) is 0 Å². The van der Waals surface area contributed by atoms with E-state index in [4.69, 9.17) is 0 Å². The van der Waals surface area contributed by atoms with Gasteiger partial charge in [0, 0.05) is 23.9 Å². The third-order valence-corrected chi connectivity index (χ3v) is 3.77. The Hall–Kier alpha value is -0.990. The van der Waals surface area contributed by atoms with Gasteiger partial charge in [0.2, 0.25) is 5.16 Å². The number of hydrogen-bond donors (Lipinski definition) is 0. The van der Waals surface area contributed by atoms with Crippen LogP contribution in [-0.2, 0) is 12.3 Å². The summed E-state index contributed by atoms with van der Waals surface area (Å²) in [4.78, 5) is 2.11. The Bertz CT molecular complexity index is 438. The summed E-state index contributed by atoms with van der Waals surface area (Å²) in [5.74, 6) is 0.860. The molecule has 17 heavy (non-hydrogen) atoms. The van der Waals surface area contributed by atoms with Gasteiger partial charge in [0.25, 0.3) is 0 Å². The fourth-order valence-electron chi connectivity index (χ4n) is 1.18. The molecule has 0 N–H and O–H groups in total. The van der Waals surface area contributed by atoms with Crippen molar-refractivity contribution in [3.63, 3.8) is 0 Å². The third-order valence-electron chi connectivity index (χ3n) is 2.11. The van der Waals surface area contributed by atoms with Crippen LogP contribution in [0.5, 0.6) is 0 Å². The van der Waals surface area contributed by atoms with E-state index in [1.54, 1.807) is 11.8 Å². The molecular weight excluding hydrogens is 256 g/mol. The van der Waals surface area contributed by atoms with Gasteiger partial charge in [-0.05, 0) is 41.6 Å². The first-order chi connectivity index (χ1) is 8.25. The smallest absolute Gasteiger partial charge is 0.209 e. The van der Waals surface area contributed by atoms with E-state index in [2.05, 4.69) is 24.8 Å². The topological polar surface area (TPSA) is 59.7 Å². The molecule has 0 bridgehead atoms. The predicted octanol–water partition coefficient (Wildman–Crippen LogP) is 0.983. The maximum Gasteiger partial charge on any atom is 0.209 e. The van der Waals surface area contributed by atoms with Crippen molar-refractivity contribution in [2.24, 2.45) is 0 Å². The SMILES string of the molecule is CN(C)CCn1nnnc1SCc1cnsc1. The Morgan fingerprint density at radius 1 is 1.47 bits per heavy atom. The van der Waals surface area contributed by atoms with Crippen LogP contribution in [0.4, 0.5) is 0 Å². The molecule has 2 aromatic heterocycles. The minimum Gasteiger partial charge on any atom is -0.308 e. The lowest BCUT2D eigenvalue weighted by molar-refractivity contribution is 0.361. The first-order valence-corrected chi connectivity index (χ1v) is 7.00. The Labute approximate surface area is 108 Å². The van der Waals surface area contributed by atoms with Gasteiger partial charge in [-0.1, -0.05) is 11.8 Å². The van der Waals surface area contributed by atoms with Crippen LogP contribution in [0.25, 0.3) is 0 Å². The van der Waals surface area contributed by atoms with Gasteiger partial charge >= 0.3 is 0 Å². The Morgan fingerprint density at radius 3 is 3.06 bits per heavy atom. The summed E-state index contributed by atoms with van der Waals surface area (Å²) in [5.41, 5.74) is 1.21. The first kappa shape index (κ1) is 12.5. The molecule has 0 aliphatic carbocycles. The van der Waals surface area contributed by atoms with Gasteiger partial charge in [-0.3, -0.25) is 0 Å². The fraction of sp³-hybridized carbons (Fsp3) is 0.556. The molecule has 0 radical (unpaired) electrons. The monoisotopic (exact) mass is 270 g/mol. The summed E-state index contributed by atoms with van der Waals surface area (Å²) in [6, 6.07) is 0. The maximum absolute atomic E-state index is 4.07. The number of likely N-dealkylation sites (N-methyl/N-ethyl adjacent to an activating group) is 1. The molecule has 8 heteroatoms. The van der Waals surface area contributed by atoms with Crippen LogP contribution in [0, 0.1) is 0 Å². The molecule has 0 fully saturated rings. The van der Waals surface area contributed by atoms with Crippen LogP contribution in [-0.4, -0.2) is 50.1 Å². The summed E-state index contributed by atoms with van der Waals surface area (Å²) < 4.78 is 5.91. The molecule has 2 rings (SSSR count). The molecule has 0 saturated carbocycles. The van der Waals surface area contributed by atoms with Gasteiger partial charge in [-0.15, -0.1) is 5.10 Å². The van der Waals surface area contributed by atoms with Gasteiger partial charge in [0.05, 0.1) is 6.54 Å². The zero-order valence-corrected chi connectivity index (χ0v) is 11.4. The summed E-state index contributed by atoms with van der Waals surface area (Å²) in [6.45, 7) is 1.74. The Balaban J connectivity index is 1.90. The highest BCUT2D eigenvalue weighted by Crippen LogP contribution is 2.20. The van der Waals surface area contributed by atoms with Crippen LogP contribution in [0.3, 0.4) is 0 Å². The van der Waals surface area contributed by atoms with E-state index < -0.39 is 0 Å². The minimum absolute atomic E-state index is 0.810. The first-order valence-electron chi connectivity index (χ1n) is 5.17. The second-order valence-corrected chi connectivity index (χ2v) is 5.41. The van der Waals surface area contributed by atoms with Crippen molar-refractivity contribution in [1.29, 1.82) is 0 Å². The highest BCUT2D eigenvalue weighted by atomic mass is 32.2. The Morgan fingerprint density at radius 2 is 2.35 bits per heavy atom. The molecule has 0 spiro atoms. The highest BCUT2D eigenvalue weighted by Gasteiger charge is 2.07. The number of nitrogens with zero attached hydrogens (tertiary/aromatic N) is 6. The molecule has 0 aliphatic rings. The number of aromatic nitrogens is 5. The van der Waals surface area contributed by atoms with Crippen LogP contribution in [0.15, 0.2) is 16.7 Å². The molecule has 0 amide bonds. The normalized spacial score (nSPS) is 11.2. The van der Waals surface area contributed by atoms with Crippen molar-refractivity contribution in [2.45, 2.75) is 17.5 Å². The van der Waals surface area contributed by atoms with Crippen molar-refractivity contribution in [2.75, 3.05) is 20.6 Å². The van der Waals surface area contributed by atoms with E-state index >= 15 is 0 Å². The molecule has 0 unspecified atom stereocenters. The third kappa shape index (κ3) is 3.76. The summed E-state index contributed by atoms with van der Waals surface area (Å²) in [6.07, 6.45) is 1.88. The highest BCUT2D eigenvalue weighted by molar-refractivity contribution is 7.98. The molecule has 2 heterocycles. The summed E-state index contributed by atoms with van der Waals surface area (Å²) in [7, 11) is 4.07. The summed E-state index contributed by atoms with van der Waals surface area (Å²) >= 11 is 3.10. The van der Waals surface area contributed by atoms with Crippen LogP contribution in [0.1, 0.15) is 5.56 Å². The zero-order valence-electron chi connectivity index (χ0n) is 9.78. The maximum atomic E-state index is 4.07. The van der Waals surface area contributed by atoms with Crippen molar-refractivity contribution < 1.29 is 0 Å². The lowest BCUT2D eigenvalue weighted by atomic mass is 10.4. The largest absolute Gasteiger partial charge is 0.308 e. The molecule has 2 aromatic rings. The number of rotatable bonds is 6. The van der Waals surface area contributed by atoms with Crippen molar-refractivity contribution in [1.82, 2.24) is 29.5 Å². The molecule has 0 aromatic carbocycles. The molecule has 92 valence electrons.